The van der Waals surface area contributed by atoms with E-state index in [4.69, 9.17) is 11.6 Å². The van der Waals surface area contributed by atoms with Gasteiger partial charge in [0.25, 0.3) is 0 Å². The van der Waals surface area contributed by atoms with Crippen LogP contribution in [0.25, 0.3) is 10.9 Å². The SMILES string of the molecule is O=c1cc(CN2CC[C@H](CO)[C@@H](O)C2)[nH]c2c(Cl)cccc12. The summed E-state index contributed by atoms with van der Waals surface area (Å²) in [4.78, 5) is 17.5. The van der Waals surface area contributed by atoms with Crippen LogP contribution in [0.2, 0.25) is 5.02 Å². The Morgan fingerprint density at radius 3 is 2.95 bits per heavy atom. The summed E-state index contributed by atoms with van der Waals surface area (Å²) < 4.78 is 0. The van der Waals surface area contributed by atoms with Crippen molar-refractivity contribution in [3.63, 3.8) is 0 Å². The van der Waals surface area contributed by atoms with Gasteiger partial charge in [-0.3, -0.25) is 9.69 Å². The van der Waals surface area contributed by atoms with Gasteiger partial charge in [-0.2, -0.15) is 0 Å². The van der Waals surface area contributed by atoms with E-state index in [1.165, 1.54) is 0 Å². The zero-order chi connectivity index (χ0) is 15.7. The van der Waals surface area contributed by atoms with E-state index in [0.29, 0.717) is 29.0 Å². The summed E-state index contributed by atoms with van der Waals surface area (Å²) in [6, 6.07) is 6.85. The van der Waals surface area contributed by atoms with Gasteiger partial charge in [-0.05, 0) is 25.1 Å². The van der Waals surface area contributed by atoms with Crippen LogP contribution in [0.4, 0.5) is 0 Å². The summed E-state index contributed by atoms with van der Waals surface area (Å²) in [7, 11) is 0. The lowest BCUT2D eigenvalue weighted by Crippen LogP contribution is -2.44. The fraction of sp³-hybridized carbons (Fsp3) is 0.438. The molecule has 0 unspecified atom stereocenters. The van der Waals surface area contributed by atoms with E-state index >= 15 is 0 Å². The highest BCUT2D eigenvalue weighted by atomic mass is 35.5. The molecule has 0 aliphatic carbocycles. The van der Waals surface area contributed by atoms with Crippen molar-refractivity contribution in [1.29, 1.82) is 0 Å². The number of aliphatic hydroxyl groups is 2. The van der Waals surface area contributed by atoms with Crippen molar-refractivity contribution in [2.24, 2.45) is 5.92 Å². The first-order chi connectivity index (χ1) is 10.6. The number of halogens is 1. The number of aliphatic hydroxyl groups excluding tert-OH is 2. The average molecular weight is 323 g/mol. The third-order valence-electron chi connectivity index (χ3n) is 4.30. The molecule has 0 saturated carbocycles. The Bertz CT molecular complexity index is 731. The van der Waals surface area contributed by atoms with Gasteiger partial charge in [0, 0.05) is 42.8 Å². The average Bonchev–Trinajstić information content (AvgIpc) is 2.49. The highest BCUT2D eigenvalue weighted by Gasteiger charge is 2.27. The van der Waals surface area contributed by atoms with Gasteiger partial charge in [0.2, 0.25) is 0 Å². The maximum absolute atomic E-state index is 12.2. The Hall–Kier alpha value is -1.40. The molecule has 2 aromatic rings. The molecule has 1 saturated heterocycles. The van der Waals surface area contributed by atoms with Gasteiger partial charge in [0.05, 0.1) is 16.6 Å². The van der Waals surface area contributed by atoms with Crippen LogP contribution in [-0.4, -0.2) is 45.9 Å². The van der Waals surface area contributed by atoms with E-state index < -0.39 is 6.10 Å². The van der Waals surface area contributed by atoms with Gasteiger partial charge >= 0.3 is 0 Å². The Labute approximate surface area is 133 Å². The van der Waals surface area contributed by atoms with Gasteiger partial charge in [0.1, 0.15) is 0 Å². The number of rotatable bonds is 3. The smallest absolute Gasteiger partial charge is 0.189 e. The van der Waals surface area contributed by atoms with Crippen LogP contribution in [0.15, 0.2) is 29.1 Å². The van der Waals surface area contributed by atoms with Crippen LogP contribution < -0.4 is 5.43 Å². The number of benzene rings is 1. The third kappa shape index (κ3) is 3.03. The van der Waals surface area contributed by atoms with Crippen LogP contribution in [0.1, 0.15) is 12.1 Å². The summed E-state index contributed by atoms with van der Waals surface area (Å²) >= 11 is 6.15. The molecule has 6 heteroatoms. The minimum Gasteiger partial charge on any atom is -0.396 e. The van der Waals surface area contributed by atoms with Crippen LogP contribution >= 0.6 is 11.6 Å². The number of para-hydroxylation sites is 1. The fourth-order valence-corrected chi connectivity index (χ4v) is 3.24. The van der Waals surface area contributed by atoms with E-state index in [9.17, 15) is 15.0 Å². The van der Waals surface area contributed by atoms with Crippen molar-refractivity contribution in [2.45, 2.75) is 19.1 Å². The van der Waals surface area contributed by atoms with E-state index in [-0.39, 0.29) is 18.0 Å². The topological polar surface area (TPSA) is 76.6 Å². The molecular weight excluding hydrogens is 304 g/mol. The van der Waals surface area contributed by atoms with Crippen LogP contribution in [-0.2, 0) is 6.54 Å². The minimum atomic E-state index is -0.533. The summed E-state index contributed by atoms with van der Waals surface area (Å²) in [6.07, 6.45) is 0.213. The largest absolute Gasteiger partial charge is 0.396 e. The van der Waals surface area contributed by atoms with E-state index in [1.807, 2.05) is 0 Å². The minimum absolute atomic E-state index is 0.0113. The highest BCUT2D eigenvalue weighted by Crippen LogP contribution is 2.21. The number of nitrogens with one attached hydrogen (secondary N) is 1. The molecule has 2 atom stereocenters. The van der Waals surface area contributed by atoms with E-state index in [0.717, 1.165) is 18.7 Å². The first-order valence-electron chi connectivity index (χ1n) is 7.40. The lowest BCUT2D eigenvalue weighted by atomic mass is 9.95. The zero-order valence-corrected chi connectivity index (χ0v) is 12.9. The number of likely N-dealkylation sites (tertiary alicyclic amines) is 1. The van der Waals surface area contributed by atoms with Crippen LogP contribution in [0, 0.1) is 5.92 Å². The second-order valence-electron chi connectivity index (χ2n) is 5.86. The molecule has 0 amide bonds. The van der Waals surface area contributed by atoms with Crippen molar-refractivity contribution in [3.8, 4) is 0 Å². The van der Waals surface area contributed by atoms with Gasteiger partial charge in [-0.1, -0.05) is 17.7 Å². The number of hydrogen-bond acceptors (Lipinski definition) is 4. The molecule has 1 aliphatic heterocycles. The van der Waals surface area contributed by atoms with Crippen LogP contribution in [0.5, 0.6) is 0 Å². The summed E-state index contributed by atoms with van der Waals surface area (Å²) in [5, 5.41) is 20.3. The Kier molecular flexibility index (Phi) is 4.49. The van der Waals surface area contributed by atoms with Gasteiger partial charge in [0.15, 0.2) is 5.43 Å². The number of β-amino-alcohol motifs (C(OH)–C–C–N with tert-alkyl or cyclic N) is 1. The molecule has 0 bridgehead atoms. The predicted molar refractivity (Wildman–Crippen MR) is 86.1 cm³/mol. The third-order valence-corrected chi connectivity index (χ3v) is 4.62. The lowest BCUT2D eigenvalue weighted by molar-refractivity contribution is -0.00476. The quantitative estimate of drug-likeness (QED) is 0.797. The number of fused-ring (bicyclic) bond motifs is 1. The normalized spacial score (nSPS) is 23.0. The summed E-state index contributed by atoms with van der Waals surface area (Å²) in [5.41, 5.74) is 1.37. The summed E-state index contributed by atoms with van der Waals surface area (Å²) in [6.45, 7) is 1.84. The van der Waals surface area contributed by atoms with Crippen LogP contribution in [0.3, 0.4) is 0 Å². The lowest BCUT2D eigenvalue weighted by Gasteiger charge is -2.34. The predicted octanol–water partition coefficient (Wildman–Crippen LogP) is 1.36. The maximum atomic E-state index is 12.2. The van der Waals surface area contributed by atoms with Crippen molar-refractivity contribution in [1.82, 2.24) is 9.88 Å². The second-order valence-corrected chi connectivity index (χ2v) is 6.26. The molecule has 22 heavy (non-hydrogen) atoms. The molecule has 1 aliphatic rings. The number of aromatic nitrogens is 1. The van der Waals surface area contributed by atoms with E-state index in [1.54, 1.807) is 24.3 Å². The molecule has 118 valence electrons. The van der Waals surface area contributed by atoms with Gasteiger partial charge in [-0.15, -0.1) is 0 Å². The molecule has 0 radical (unpaired) electrons. The highest BCUT2D eigenvalue weighted by molar-refractivity contribution is 6.35. The van der Waals surface area contributed by atoms with Crippen molar-refractivity contribution in [2.75, 3.05) is 19.7 Å². The maximum Gasteiger partial charge on any atom is 0.189 e. The Morgan fingerprint density at radius 2 is 2.23 bits per heavy atom. The molecule has 1 aromatic heterocycles. The molecule has 2 heterocycles. The first kappa shape index (κ1) is 15.5. The number of nitrogens with zero attached hydrogens (tertiary/aromatic N) is 1. The summed E-state index contributed by atoms with van der Waals surface area (Å²) in [5.74, 6) is -0.0543. The monoisotopic (exact) mass is 322 g/mol. The zero-order valence-electron chi connectivity index (χ0n) is 12.1. The van der Waals surface area contributed by atoms with Gasteiger partial charge < -0.3 is 15.2 Å². The molecular formula is C16H19ClN2O3. The number of pyridine rings is 1. The van der Waals surface area contributed by atoms with Gasteiger partial charge in [-0.25, -0.2) is 0 Å². The number of hydrogen-bond donors (Lipinski definition) is 3. The molecule has 1 fully saturated rings. The van der Waals surface area contributed by atoms with E-state index in [2.05, 4.69) is 9.88 Å². The first-order valence-corrected chi connectivity index (χ1v) is 7.78. The number of H-pyrrole nitrogens is 1. The standard InChI is InChI=1S/C16H19ClN2O3/c17-13-3-1-2-12-14(21)6-11(18-16(12)13)7-19-5-4-10(9-20)15(22)8-19/h1-3,6,10,15,20,22H,4-5,7-9H2,(H,18,21)/t10-,15+/m1/s1. The molecule has 3 rings (SSSR count). The molecule has 5 nitrogen and oxygen atoms in total. The molecule has 3 N–H and O–H groups in total. The Balaban J connectivity index is 1.83. The number of aromatic amines is 1. The fourth-order valence-electron chi connectivity index (χ4n) is 3.02. The second kappa shape index (κ2) is 6.38. The van der Waals surface area contributed by atoms with Crippen molar-refractivity contribution >= 4 is 22.5 Å². The van der Waals surface area contributed by atoms with Crippen molar-refractivity contribution < 1.29 is 10.2 Å². The molecule has 0 spiro atoms. The van der Waals surface area contributed by atoms with Crippen molar-refractivity contribution in [3.05, 3.63) is 45.2 Å². The molecule has 1 aromatic carbocycles. The Morgan fingerprint density at radius 1 is 1.41 bits per heavy atom. The number of piperidine rings is 1.